The summed E-state index contributed by atoms with van der Waals surface area (Å²) in [4.78, 5) is 12.5. The molecule has 0 saturated heterocycles. The topological polar surface area (TPSA) is 37.3 Å². The van der Waals surface area contributed by atoms with Crippen LogP contribution in [0.25, 0.3) is 5.69 Å². The quantitative estimate of drug-likeness (QED) is 0.313. The van der Waals surface area contributed by atoms with Gasteiger partial charge in [0.25, 0.3) is 5.91 Å². The van der Waals surface area contributed by atoms with Crippen molar-refractivity contribution < 1.29 is 4.79 Å². The molecule has 1 aromatic heterocycles. The number of aromatic nitrogens is 1. The van der Waals surface area contributed by atoms with E-state index in [1.807, 2.05) is 12.1 Å². The first kappa shape index (κ1) is 21.2. The van der Waals surface area contributed by atoms with E-state index >= 15 is 0 Å². The van der Waals surface area contributed by atoms with Crippen molar-refractivity contribution in [3.63, 3.8) is 0 Å². The maximum atomic E-state index is 12.5. The lowest BCUT2D eigenvalue weighted by Gasteiger charge is -2.17. The molecule has 3 aromatic rings. The molecule has 10 heteroatoms. The van der Waals surface area contributed by atoms with E-state index in [4.69, 9.17) is 70.4 Å². The predicted octanol–water partition coefficient (Wildman–Crippen LogP) is 7.08. The van der Waals surface area contributed by atoms with Gasteiger partial charge in [-0.25, -0.2) is 0 Å². The van der Waals surface area contributed by atoms with E-state index in [1.54, 1.807) is 35.2 Å². The number of carbonyl (C=O) groups is 1. The summed E-state index contributed by atoms with van der Waals surface area (Å²) in [5.41, 5.74) is 1.62. The molecule has 0 spiro atoms. The van der Waals surface area contributed by atoms with Gasteiger partial charge in [0.2, 0.25) is 0 Å². The fraction of sp³-hybridized carbons (Fsp3) is 0. The van der Waals surface area contributed by atoms with Crippen LogP contribution in [-0.4, -0.2) is 20.0 Å². The third-order valence-electron chi connectivity index (χ3n) is 3.67. The summed E-state index contributed by atoms with van der Waals surface area (Å²) < 4.78 is 2.55. The van der Waals surface area contributed by atoms with Gasteiger partial charge in [-0.15, -0.1) is 0 Å². The van der Waals surface area contributed by atoms with E-state index < -0.39 is 5.91 Å². The van der Waals surface area contributed by atoms with Crippen LogP contribution in [0.4, 0.5) is 5.69 Å². The van der Waals surface area contributed by atoms with Crippen LogP contribution in [0.3, 0.4) is 0 Å². The highest BCUT2D eigenvalue weighted by Gasteiger charge is 2.21. The number of hydrogen-bond donors (Lipinski definition) is 1. The largest absolute Gasteiger partial charge is 0.331 e. The van der Waals surface area contributed by atoms with Crippen molar-refractivity contribution in [2.45, 2.75) is 0 Å². The number of hydrogen-bond acceptors (Lipinski definition) is 2. The Morgan fingerprint density at radius 3 is 2.14 bits per heavy atom. The summed E-state index contributed by atoms with van der Waals surface area (Å²) >= 11 is 35.2. The molecule has 0 radical (unpaired) electrons. The molecule has 28 heavy (non-hydrogen) atoms. The van der Waals surface area contributed by atoms with E-state index in [-0.39, 0.29) is 15.7 Å². The Labute approximate surface area is 191 Å². The first-order valence-electron chi connectivity index (χ1n) is 7.66. The standard InChI is InChI=1S/C18H10Cl5N3OS/c19-10-1-6-14(20)13(7-10)17(27)26(23)18(28)24-11-2-4-12(5-3-11)25-8-15(21)16(22)9-25/h1-9H,(H,24,28). The molecule has 144 valence electrons. The van der Waals surface area contributed by atoms with Crippen molar-refractivity contribution in [2.24, 2.45) is 0 Å². The zero-order valence-electron chi connectivity index (χ0n) is 13.8. The number of benzene rings is 2. The second-order valence-electron chi connectivity index (χ2n) is 5.55. The molecule has 1 heterocycles. The van der Waals surface area contributed by atoms with Gasteiger partial charge in [-0.05, 0) is 54.7 Å². The molecular formula is C18H10Cl5N3OS. The van der Waals surface area contributed by atoms with Gasteiger partial charge in [0, 0.05) is 40.6 Å². The van der Waals surface area contributed by atoms with Crippen molar-refractivity contribution in [3.8, 4) is 5.69 Å². The van der Waals surface area contributed by atoms with E-state index in [1.165, 1.54) is 12.1 Å². The molecular weight excluding hydrogens is 484 g/mol. The van der Waals surface area contributed by atoms with Crippen molar-refractivity contribution in [1.82, 2.24) is 8.99 Å². The number of anilines is 1. The first-order valence-corrected chi connectivity index (χ1v) is 9.92. The molecule has 0 aliphatic carbocycles. The molecule has 0 atom stereocenters. The molecule has 0 unspecified atom stereocenters. The molecule has 0 saturated carbocycles. The second kappa shape index (κ2) is 8.91. The SMILES string of the molecule is O=C(c1cc(Cl)ccc1Cl)N(Cl)C(=S)Nc1ccc(-n2cc(Cl)c(Cl)c2)cc1. The summed E-state index contributed by atoms with van der Waals surface area (Å²) in [5.74, 6) is -0.597. The van der Waals surface area contributed by atoms with E-state index in [0.717, 1.165) is 10.1 Å². The van der Waals surface area contributed by atoms with E-state index in [2.05, 4.69) is 5.32 Å². The maximum Gasteiger partial charge on any atom is 0.276 e. The number of rotatable bonds is 3. The van der Waals surface area contributed by atoms with Gasteiger partial charge in [-0.3, -0.25) is 4.79 Å². The van der Waals surface area contributed by atoms with Crippen molar-refractivity contribution >= 4 is 87.1 Å². The minimum absolute atomic E-state index is 0.0116. The van der Waals surface area contributed by atoms with Gasteiger partial charge in [0.1, 0.15) is 0 Å². The molecule has 0 fully saturated rings. The summed E-state index contributed by atoms with van der Waals surface area (Å²) in [6.07, 6.45) is 3.40. The Hall–Kier alpha value is -1.47. The summed E-state index contributed by atoms with van der Waals surface area (Å²) in [6.45, 7) is 0. The highest BCUT2D eigenvalue weighted by Crippen LogP contribution is 2.26. The van der Waals surface area contributed by atoms with Crippen molar-refractivity contribution in [2.75, 3.05) is 5.32 Å². The van der Waals surface area contributed by atoms with Crippen molar-refractivity contribution in [3.05, 3.63) is 80.5 Å². The Balaban J connectivity index is 1.71. The third-order valence-corrected chi connectivity index (χ3v) is 5.64. The molecule has 0 aliphatic heterocycles. The van der Waals surface area contributed by atoms with Crippen LogP contribution in [0.15, 0.2) is 54.9 Å². The monoisotopic (exact) mass is 491 g/mol. The minimum Gasteiger partial charge on any atom is -0.331 e. The zero-order chi connectivity index (χ0) is 20.4. The van der Waals surface area contributed by atoms with Gasteiger partial charge in [0.05, 0.1) is 20.6 Å². The van der Waals surface area contributed by atoms with Crippen LogP contribution in [0.5, 0.6) is 0 Å². The number of nitrogens with one attached hydrogen (secondary N) is 1. The Bertz CT molecular complexity index is 1030. The lowest BCUT2D eigenvalue weighted by atomic mass is 10.2. The highest BCUT2D eigenvalue weighted by atomic mass is 35.5. The van der Waals surface area contributed by atoms with Gasteiger partial charge < -0.3 is 9.88 Å². The van der Waals surface area contributed by atoms with Crippen molar-refractivity contribution in [1.29, 1.82) is 0 Å². The highest BCUT2D eigenvalue weighted by molar-refractivity contribution is 7.80. The predicted molar refractivity (Wildman–Crippen MR) is 120 cm³/mol. The normalized spacial score (nSPS) is 10.6. The van der Waals surface area contributed by atoms with Crippen LogP contribution in [0.2, 0.25) is 20.1 Å². The van der Waals surface area contributed by atoms with E-state index in [9.17, 15) is 4.79 Å². The Morgan fingerprint density at radius 1 is 0.929 bits per heavy atom. The van der Waals surface area contributed by atoms with Gasteiger partial charge >= 0.3 is 0 Å². The van der Waals surface area contributed by atoms with Gasteiger partial charge in [0.15, 0.2) is 5.11 Å². The number of halogens is 5. The van der Waals surface area contributed by atoms with Gasteiger partial charge in [-0.2, -0.15) is 4.42 Å². The Morgan fingerprint density at radius 2 is 1.54 bits per heavy atom. The summed E-state index contributed by atoms with van der Waals surface area (Å²) in [7, 11) is 0. The zero-order valence-corrected chi connectivity index (χ0v) is 18.4. The van der Waals surface area contributed by atoms with Gasteiger partial charge in [-0.1, -0.05) is 46.4 Å². The number of nitrogens with zero attached hydrogens (tertiary/aromatic N) is 2. The average molecular weight is 494 g/mol. The third kappa shape index (κ3) is 4.74. The minimum atomic E-state index is -0.597. The Kier molecular flexibility index (Phi) is 6.76. The van der Waals surface area contributed by atoms with Crippen LogP contribution < -0.4 is 5.32 Å². The fourth-order valence-electron chi connectivity index (χ4n) is 2.30. The molecule has 1 amide bonds. The first-order chi connectivity index (χ1) is 13.3. The van der Waals surface area contributed by atoms with Crippen LogP contribution in [0.1, 0.15) is 10.4 Å². The second-order valence-corrected chi connectivity index (χ2v) is 7.93. The molecule has 1 N–H and O–H groups in total. The molecule has 2 aromatic carbocycles. The lowest BCUT2D eigenvalue weighted by Crippen LogP contribution is -2.32. The van der Waals surface area contributed by atoms with E-state index in [0.29, 0.717) is 20.8 Å². The maximum absolute atomic E-state index is 12.5. The average Bonchev–Trinajstić information content (AvgIpc) is 3.01. The summed E-state index contributed by atoms with van der Waals surface area (Å²) in [6, 6.07) is 11.7. The number of carbonyl (C=O) groups excluding carboxylic acids is 1. The molecule has 4 nitrogen and oxygen atoms in total. The lowest BCUT2D eigenvalue weighted by molar-refractivity contribution is 0.0916. The van der Waals surface area contributed by atoms with Crippen LogP contribution >= 0.6 is 70.4 Å². The summed E-state index contributed by atoms with van der Waals surface area (Å²) in [5, 5.41) is 4.37. The number of thiocarbonyl (C=S) groups is 1. The molecule has 0 aliphatic rings. The van der Waals surface area contributed by atoms with Crippen LogP contribution in [-0.2, 0) is 0 Å². The number of amides is 1. The van der Waals surface area contributed by atoms with Crippen LogP contribution in [0, 0.1) is 0 Å². The smallest absolute Gasteiger partial charge is 0.276 e. The fourth-order valence-corrected chi connectivity index (χ4v) is 3.32. The molecule has 3 rings (SSSR count). The molecule has 0 bridgehead atoms.